The van der Waals surface area contributed by atoms with Gasteiger partial charge in [-0.15, -0.1) is 0 Å². The minimum atomic E-state index is -0.488. The molecule has 3 rings (SSSR count). The Bertz CT molecular complexity index is 736. The van der Waals surface area contributed by atoms with E-state index in [1.807, 2.05) is 35.8 Å². The van der Waals surface area contributed by atoms with Crippen molar-refractivity contribution in [1.29, 1.82) is 0 Å². The van der Waals surface area contributed by atoms with E-state index in [1.165, 1.54) is 6.07 Å². The number of pyridine rings is 1. The SMILES string of the molecule is CCOc1ccc(C(=O)N2CCN(c3cccc(F)n3)C(C)C2)cc1. The Morgan fingerprint density at radius 2 is 2.00 bits per heavy atom. The number of hydrogen-bond acceptors (Lipinski definition) is 4. The van der Waals surface area contributed by atoms with Gasteiger partial charge in [0.15, 0.2) is 0 Å². The summed E-state index contributed by atoms with van der Waals surface area (Å²) in [5, 5.41) is 0. The summed E-state index contributed by atoms with van der Waals surface area (Å²) < 4.78 is 18.8. The van der Waals surface area contributed by atoms with E-state index < -0.39 is 5.95 Å². The van der Waals surface area contributed by atoms with E-state index >= 15 is 0 Å². The minimum Gasteiger partial charge on any atom is -0.494 e. The van der Waals surface area contributed by atoms with E-state index in [-0.39, 0.29) is 11.9 Å². The van der Waals surface area contributed by atoms with Gasteiger partial charge in [-0.25, -0.2) is 4.98 Å². The number of hydrogen-bond donors (Lipinski definition) is 0. The Morgan fingerprint density at radius 3 is 2.64 bits per heavy atom. The molecule has 1 fully saturated rings. The second kappa shape index (κ2) is 7.51. The van der Waals surface area contributed by atoms with Crippen LogP contribution in [-0.2, 0) is 0 Å². The number of nitrogens with zero attached hydrogens (tertiary/aromatic N) is 3. The lowest BCUT2D eigenvalue weighted by atomic mass is 10.1. The van der Waals surface area contributed by atoms with Gasteiger partial charge in [-0.05, 0) is 50.2 Å². The quantitative estimate of drug-likeness (QED) is 0.801. The van der Waals surface area contributed by atoms with E-state index in [0.717, 1.165) is 5.75 Å². The van der Waals surface area contributed by atoms with Gasteiger partial charge in [0.2, 0.25) is 5.95 Å². The first-order chi connectivity index (χ1) is 12.1. The number of halogens is 1. The van der Waals surface area contributed by atoms with Gasteiger partial charge in [0, 0.05) is 31.2 Å². The molecule has 1 atom stereocenters. The van der Waals surface area contributed by atoms with E-state index in [0.29, 0.717) is 37.6 Å². The number of carbonyl (C=O) groups excluding carboxylic acids is 1. The van der Waals surface area contributed by atoms with E-state index in [1.54, 1.807) is 24.3 Å². The van der Waals surface area contributed by atoms with Crippen LogP contribution in [0.1, 0.15) is 24.2 Å². The molecule has 0 spiro atoms. The number of piperazine rings is 1. The number of aromatic nitrogens is 1. The zero-order valence-electron chi connectivity index (χ0n) is 14.5. The predicted molar refractivity (Wildman–Crippen MR) is 94.5 cm³/mol. The average Bonchev–Trinajstić information content (AvgIpc) is 2.62. The van der Waals surface area contributed by atoms with Crippen LogP contribution in [0.15, 0.2) is 42.5 Å². The van der Waals surface area contributed by atoms with Gasteiger partial charge in [-0.1, -0.05) is 6.07 Å². The summed E-state index contributed by atoms with van der Waals surface area (Å²) >= 11 is 0. The molecule has 1 saturated heterocycles. The van der Waals surface area contributed by atoms with Crippen LogP contribution in [0.2, 0.25) is 0 Å². The summed E-state index contributed by atoms with van der Waals surface area (Å²) in [5.74, 6) is 0.884. The van der Waals surface area contributed by atoms with E-state index in [4.69, 9.17) is 4.74 Å². The molecule has 1 aliphatic rings. The average molecular weight is 343 g/mol. The van der Waals surface area contributed by atoms with Crippen LogP contribution >= 0.6 is 0 Å². The summed E-state index contributed by atoms with van der Waals surface area (Å²) in [7, 11) is 0. The van der Waals surface area contributed by atoms with Crippen molar-refractivity contribution < 1.29 is 13.9 Å². The third-order valence-corrected chi connectivity index (χ3v) is 4.32. The first-order valence-electron chi connectivity index (χ1n) is 8.50. The van der Waals surface area contributed by atoms with Crippen molar-refractivity contribution in [2.24, 2.45) is 0 Å². The second-order valence-electron chi connectivity index (χ2n) is 6.07. The normalized spacial score (nSPS) is 17.5. The molecule has 1 aromatic carbocycles. The van der Waals surface area contributed by atoms with Gasteiger partial charge in [-0.2, -0.15) is 4.39 Å². The molecule has 1 amide bonds. The van der Waals surface area contributed by atoms with Crippen LogP contribution in [0.5, 0.6) is 5.75 Å². The molecular weight excluding hydrogens is 321 g/mol. The van der Waals surface area contributed by atoms with Gasteiger partial charge in [0.25, 0.3) is 5.91 Å². The van der Waals surface area contributed by atoms with Crippen LogP contribution in [-0.4, -0.2) is 48.1 Å². The lowest BCUT2D eigenvalue weighted by Gasteiger charge is -2.40. The molecule has 25 heavy (non-hydrogen) atoms. The minimum absolute atomic E-state index is 0.00162. The molecule has 1 aliphatic heterocycles. The Balaban J connectivity index is 1.66. The number of amides is 1. The molecule has 0 N–H and O–H groups in total. The molecule has 6 heteroatoms. The highest BCUT2D eigenvalue weighted by atomic mass is 19.1. The third-order valence-electron chi connectivity index (χ3n) is 4.32. The van der Waals surface area contributed by atoms with Crippen LogP contribution < -0.4 is 9.64 Å². The van der Waals surface area contributed by atoms with Crippen molar-refractivity contribution in [3.63, 3.8) is 0 Å². The lowest BCUT2D eigenvalue weighted by molar-refractivity contribution is 0.0726. The van der Waals surface area contributed by atoms with Gasteiger partial charge in [0.1, 0.15) is 11.6 Å². The van der Waals surface area contributed by atoms with Crippen molar-refractivity contribution >= 4 is 11.7 Å². The maximum Gasteiger partial charge on any atom is 0.253 e. The van der Waals surface area contributed by atoms with Crippen molar-refractivity contribution in [2.45, 2.75) is 19.9 Å². The van der Waals surface area contributed by atoms with Crippen molar-refractivity contribution in [2.75, 3.05) is 31.1 Å². The fourth-order valence-electron chi connectivity index (χ4n) is 3.08. The lowest BCUT2D eigenvalue weighted by Crippen LogP contribution is -2.54. The van der Waals surface area contributed by atoms with E-state index in [9.17, 15) is 9.18 Å². The molecule has 1 aromatic heterocycles. The maximum atomic E-state index is 13.4. The summed E-state index contributed by atoms with van der Waals surface area (Å²) in [4.78, 5) is 20.5. The molecular formula is C19H22FN3O2. The second-order valence-corrected chi connectivity index (χ2v) is 6.07. The van der Waals surface area contributed by atoms with Gasteiger partial charge in [0.05, 0.1) is 6.61 Å². The zero-order chi connectivity index (χ0) is 17.8. The van der Waals surface area contributed by atoms with Crippen LogP contribution in [0, 0.1) is 5.95 Å². The highest BCUT2D eigenvalue weighted by molar-refractivity contribution is 5.94. The Hall–Kier alpha value is -2.63. The van der Waals surface area contributed by atoms with Gasteiger partial charge in [-0.3, -0.25) is 4.79 Å². The number of anilines is 1. The van der Waals surface area contributed by atoms with E-state index in [2.05, 4.69) is 4.98 Å². The highest BCUT2D eigenvalue weighted by Gasteiger charge is 2.28. The number of rotatable bonds is 4. The molecule has 0 aliphatic carbocycles. The van der Waals surface area contributed by atoms with Crippen molar-refractivity contribution in [3.05, 3.63) is 54.0 Å². The number of benzene rings is 1. The van der Waals surface area contributed by atoms with Gasteiger partial charge >= 0.3 is 0 Å². The molecule has 2 heterocycles. The molecule has 0 bridgehead atoms. The van der Waals surface area contributed by atoms with Crippen LogP contribution in [0.3, 0.4) is 0 Å². The maximum absolute atomic E-state index is 13.4. The Morgan fingerprint density at radius 1 is 1.24 bits per heavy atom. The molecule has 132 valence electrons. The van der Waals surface area contributed by atoms with Crippen LogP contribution in [0.25, 0.3) is 0 Å². The highest BCUT2D eigenvalue weighted by Crippen LogP contribution is 2.20. The summed E-state index contributed by atoms with van der Waals surface area (Å²) in [6.45, 7) is 6.32. The molecule has 0 saturated carbocycles. The van der Waals surface area contributed by atoms with Crippen molar-refractivity contribution in [3.8, 4) is 5.75 Å². The third kappa shape index (κ3) is 3.90. The first-order valence-corrected chi connectivity index (χ1v) is 8.50. The Labute approximate surface area is 147 Å². The molecule has 5 nitrogen and oxygen atoms in total. The molecule has 0 radical (unpaired) electrons. The topological polar surface area (TPSA) is 45.7 Å². The summed E-state index contributed by atoms with van der Waals surface area (Å²) in [6, 6.07) is 12.1. The largest absolute Gasteiger partial charge is 0.494 e. The standard InChI is InChI=1S/C19H22FN3O2/c1-3-25-16-9-7-15(8-10-16)19(24)22-11-12-23(14(2)13-22)18-6-4-5-17(20)21-18/h4-10,14H,3,11-13H2,1-2H3. The fourth-order valence-corrected chi connectivity index (χ4v) is 3.08. The molecule has 1 unspecified atom stereocenters. The Kier molecular flexibility index (Phi) is 5.16. The fraction of sp³-hybridized carbons (Fsp3) is 0.368. The smallest absolute Gasteiger partial charge is 0.253 e. The zero-order valence-corrected chi connectivity index (χ0v) is 14.5. The number of ether oxygens (including phenoxy) is 1. The van der Waals surface area contributed by atoms with Crippen molar-refractivity contribution in [1.82, 2.24) is 9.88 Å². The summed E-state index contributed by atoms with van der Waals surface area (Å²) in [6.07, 6.45) is 0. The summed E-state index contributed by atoms with van der Waals surface area (Å²) in [5.41, 5.74) is 0.646. The monoisotopic (exact) mass is 343 g/mol. The number of carbonyl (C=O) groups is 1. The first kappa shape index (κ1) is 17.2. The van der Waals surface area contributed by atoms with Crippen LogP contribution in [0.4, 0.5) is 10.2 Å². The molecule has 2 aromatic rings. The predicted octanol–water partition coefficient (Wildman–Crippen LogP) is 2.97. The van der Waals surface area contributed by atoms with Gasteiger partial charge < -0.3 is 14.5 Å².